The predicted octanol–water partition coefficient (Wildman–Crippen LogP) is 2.41. The summed E-state index contributed by atoms with van der Waals surface area (Å²) in [5.41, 5.74) is 0.447. The number of nitrogens with one attached hydrogen (secondary N) is 1. The van der Waals surface area contributed by atoms with Gasteiger partial charge in [0.15, 0.2) is 0 Å². The molecule has 1 atom stereocenters. The second-order valence-electron chi connectivity index (χ2n) is 6.70. The maximum Gasteiger partial charge on any atom is 0.0594 e. The number of rotatable bonds is 6. The van der Waals surface area contributed by atoms with Crippen LogP contribution in [0.4, 0.5) is 0 Å². The lowest BCUT2D eigenvalue weighted by Crippen LogP contribution is -2.62. The fraction of sp³-hybridized carbons (Fsp3) is 1.00. The third-order valence-corrected chi connectivity index (χ3v) is 5.48. The maximum absolute atomic E-state index is 5.58. The number of ether oxygens (including phenoxy) is 1. The van der Waals surface area contributed by atoms with Gasteiger partial charge in [-0.15, -0.1) is 0 Å². The number of hydrogen-bond acceptors (Lipinski definition) is 3. The van der Waals surface area contributed by atoms with Gasteiger partial charge in [0.1, 0.15) is 0 Å². The van der Waals surface area contributed by atoms with Gasteiger partial charge in [-0.2, -0.15) is 0 Å². The summed E-state index contributed by atoms with van der Waals surface area (Å²) in [6.45, 7) is 7.54. The Hall–Kier alpha value is -0.120. The third kappa shape index (κ3) is 2.98. The first-order valence-corrected chi connectivity index (χ1v) is 8.41. The molecule has 0 aromatic rings. The van der Waals surface area contributed by atoms with Crippen molar-refractivity contribution >= 4 is 0 Å². The standard InChI is InChI=1S/C16H30N2O/c1-2-17-15(13-14-5-6-14)16(7-3-4-8-16)18-9-11-19-12-10-18/h14-15,17H,2-13H2,1H3. The van der Waals surface area contributed by atoms with E-state index in [2.05, 4.69) is 17.1 Å². The molecule has 1 saturated heterocycles. The largest absolute Gasteiger partial charge is 0.379 e. The molecule has 1 heterocycles. The van der Waals surface area contributed by atoms with Gasteiger partial charge in [0, 0.05) is 24.7 Å². The molecule has 0 aromatic heterocycles. The van der Waals surface area contributed by atoms with Crippen molar-refractivity contribution in [2.24, 2.45) is 5.92 Å². The average Bonchev–Trinajstić information content (AvgIpc) is 3.13. The number of nitrogens with zero attached hydrogens (tertiary/aromatic N) is 1. The second kappa shape index (κ2) is 6.11. The van der Waals surface area contributed by atoms with Crippen LogP contribution >= 0.6 is 0 Å². The predicted molar refractivity (Wildman–Crippen MR) is 78.4 cm³/mol. The fourth-order valence-corrected chi connectivity index (χ4v) is 4.31. The Bertz CT molecular complexity index is 278. The quantitative estimate of drug-likeness (QED) is 0.799. The number of likely N-dealkylation sites (N-methyl/N-ethyl adjacent to an activating group) is 1. The monoisotopic (exact) mass is 266 g/mol. The molecule has 3 nitrogen and oxygen atoms in total. The first-order chi connectivity index (χ1) is 9.35. The lowest BCUT2D eigenvalue weighted by molar-refractivity contribution is -0.0374. The summed E-state index contributed by atoms with van der Waals surface area (Å²) in [6.07, 6.45) is 10.00. The van der Waals surface area contributed by atoms with E-state index >= 15 is 0 Å². The van der Waals surface area contributed by atoms with Gasteiger partial charge in [-0.1, -0.05) is 32.6 Å². The minimum atomic E-state index is 0.447. The molecule has 2 saturated carbocycles. The summed E-state index contributed by atoms with van der Waals surface area (Å²) >= 11 is 0. The van der Waals surface area contributed by atoms with Gasteiger partial charge in [-0.25, -0.2) is 0 Å². The van der Waals surface area contributed by atoms with Crippen LogP contribution in [0, 0.1) is 5.92 Å². The maximum atomic E-state index is 5.58. The van der Waals surface area contributed by atoms with Gasteiger partial charge in [0.05, 0.1) is 13.2 Å². The van der Waals surface area contributed by atoms with E-state index in [-0.39, 0.29) is 0 Å². The van der Waals surface area contributed by atoms with Gasteiger partial charge < -0.3 is 10.1 Å². The van der Waals surface area contributed by atoms with Gasteiger partial charge >= 0.3 is 0 Å². The molecule has 0 amide bonds. The van der Waals surface area contributed by atoms with E-state index in [1.807, 2.05) is 0 Å². The molecular formula is C16H30N2O. The Labute approximate surface area is 118 Å². The summed E-state index contributed by atoms with van der Waals surface area (Å²) in [7, 11) is 0. The van der Waals surface area contributed by atoms with Gasteiger partial charge in [-0.3, -0.25) is 4.90 Å². The zero-order valence-corrected chi connectivity index (χ0v) is 12.5. The Morgan fingerprint density at radius 1 is 1.21 bits per heavy atom. The third-order valence-electron chi connectivity index (χ3n) is 5.48. The van der Waals surface area contributed by atoms with Crippen LogP contribution in [0.3, 0.4) is 0 Å². The van der Waals surface area contributed by atoms with Crippen LogP contribution in [0.25, 0.3) is 0 Å². The molecule has 0 aromatic carbocycles. The lowest BCUT2D eigenvalue weighted by Gasteiger charge is -2.49. The van der Waals surface area contributed by atoms with Gasteiger partial charge in [0.2, 0.25) is 0 Å². The summed E-state index contributed by atoms with van der Waals surface area (Å²) in [4.78, 5) is 2.78. The van der Waals surface area contributed by atoms with Crippen LogP contribution in [0.5, 0.6) is 0 Å². The molecule has 1 unspecified atom stereocenters. The van der Waals surface area contributed by atoms with E-state index < -0.39 is 0 Å². The summed E-state index contributed by atoms with van der Waals surface area (Å²) in [5, 5.41) is 3.85. The highest BCUT2D eigenvalue weighted by molar-refractivity contribution is 5.05. The van der Waals surface area contributed by atoms with Crippen LogP contribution in [0.2, 0.25) is 0 Å². The highest BCUT2D eigenvalue weighted by atomic mass is 16.5. The molecule has 110 valence electrons. The first-order valence-electron chi connectivity index (χ1n) is 8.41. The van der Waals surface area contributed by atoms with E-state index in [1.165, 1.54) is 44.9 Å². The van der Waals surface area contributed by atoms with E-state index in [4.69, 9.17) is 4.74 Å². The van der Waals surface area contributed by atoms with Crippen molar-refractivity contribution in [3.05, 3.63) is 0 Å². The molecule has 1 N–H and O–H groups in total. The Balaban J connectivity index is 1.75. The van der Waals surface area contributed by atoms with E-state index in [0.717, 1.165) is 38.8 Å². The van der Waals surface area contributed by atoms with Crippen molar-refractivity contribution in [1.82, 2.24) is 10.2 Å². The van der Waals surface area contributed by atoms with Crippen molar-refractivity contribution in [2.45, 2.75) is 63.5 Å². The molecule has 0 bridgehead atoms. The lowest BCUT2D eigenvalue weighted by atomic mass is 9.82. The van der Waals surface area contributed by atoms with Crippen molar-refractivity contribution in [3.8, 4) is 0 Å². The highest BCUT2D eigenvalue weighted by Gasteiger charge is 2.47. The molecule has 2 aliphatic carbocycles. The van der Waals surface area contributed by atoms with Crippen LogP contribution in [-0.4, -0.2) is 49.3 Å². The molecule has 0 radical (unpaired) electrons. The number of morpholine rings is 1. The first kappa shape index (κ1) is 13.8. The zero-order valence-electron chi connectivity index (χ0n) is 12.5. The fourth-order valence-electron chi connectivity index (χ4n) is 4.31. The molecule has 0 spiro atoms. The van der Waals surface area contributed by atoms with Crippen LogP contribution in [0.1, 0.15) is 51.9 Å². The minimum absolute atomic E-state index is 0.447. The highest BCUT2D eigenvalue weighted by Crippen LogP contribution is 2.44. The van der Waals surface area contributed by atoms with Crippen molar-refractivity contribution in [2.75, 3.05) is 32.8 Å². The zero-order chi connectivity index (χ0) is 13.1. The summed E-state index contributed by atoms with van der Waals surface area (Å²) in [5.74, 6) is 1.02. The second-order valence-corrected chi connectivity index (χ2v) is 6.70. The SMILES string of the molecule is CCNC(CC1CC1)C1(N2CCOCC2)CCCC1. The normalized spacial score (nSPS) is 29.5. The summed E-state index contributed by atoms with van der Waals surface area (Å²) in [6, 6.07) is 0.714. The average molecular weight is 266 g/mol. The Kier molecular flexibility index (Phi) is 4.45. The molecule has 19 heavy (non-hydrogen) atoms. The molecule has 3 rings (SSSR count). The van der Waals surface area contributed by atoms with Crippen LogP contribution < -0.4 is 5.32 Å². The Morgan fingerprint density at radius 3 is 2.47 bits per heavy atom. The number of hydrogen-bond donors (Lipinski definition) is 1. The molecule has 1 aliphatic heterocycles. The topological polar surface area (TPSA) is 24.5 Å². The van der Waals surface area contributed by atoms with Crippen molar-refractivity contribution in [1.29, 1.82) is 0 Å². The van der Waals surface area contributed by atoms with Crippen molar-refractivity contribution < 1.29 is 4.74 Å². The summed E-state index contributed by atoms with van der Waals surface area (Å²) < 4.78 is 5.58. The van der Waals surface area contributed by atoms with E-state index in [9.17, 15) is 0 Å². The molecule has 3 fully saturated rings. The Morgan fingerprint density at radius 2 is 1.89 bits per heavy atom. The van der Waals surface area contributed by atoms with Gasteiger partial charge in [-0.05, 0) is 31.7 Å². The van der Waals surface area contributed by atoms with Gasteiger partial charge in [0.25, 0.3) is 0 Å². The minimum Gasteiger partial charge on any atom is -0.379 e. The molecular weight excluding hydrogens is 236 g/mol. The van der Waals surface area contributed by atoms with E-state index in [1.54, 1.807) is 0 Å². The molecule has 3 heteroatoms. The van der Waals surface area contributed by atoms with E-state index in [0.29, 0.717) is 11.6 Å². The van der Waals surface area contributed by atoms with Crippen LogP contribution in [0.15, 0.2) is 0 Å². The smallest absolute Gasteiger partial charge is 0.0594 e. The molecule has 3 aliphatic rings. The van der Waals surface area contributed by atoms with Crippen LogP contribution in [-0.2, 0) is 4.74 Å². The van der Waals surface area contributed by atoms with Crippen molar-refractivity contribution in [3.63, 3.8) is 0 Å².